The smallest absolute Gasteiger partial charge is 0.135 e. The highest BCUT2D eigenvalue weighted by Crippen LogP contribution is 2.25. The van der Waals surface area contributed by atoms with Crippen LogP contribution in [-0.4, -0.2) is 11.6 Å². The maximum absolute atomic E-state index is 6.23. The van der Waals surface area contributed by atoms with Crippen molar-refractivity contribution in [3.05, 3.63) is 41.0 Å². The first-order valence-corrected chi connectivity index (χ1v) is 7.82. The molecule has 1 fully saturated rings. The second-order valence-electron chi connectivity index (χ2n) is 5.65. The minimum Gasteiger partial charge on any atom is -0.376 e. The van der Waals surface area contributed by atoms with Crippen LogP contribution in [0.4, 0.5) is 0 Å². The highest BCUT2D eigenvalue weighted by molar-refractivity contribution is 6.30. The van der Waals surface area contributed by atoms with E-state index in [1.807, 2.05) is 18.2 Å². The van der Waals surface area contributed by atoms with Gasteiger partial charge in [0.2, 0.25) is 0 Å². The van der Waals surface area contributed by atoms with E-state index in [2.05, 4.69) is 17.1 Å². The molecule has 2 nitrogen and oxygen atoms in total. The van der Waals surface area contributed by atoms with Crippen LogP contribution in [0.5, 0.6) is 0 Å². The molecule has 2 aromatic rings. The molecule has 0 spiro atoms. The average molecular weight is 290 g/mol. The van der Waals surface area contributed by atoms with E-state index in [0.717, 1.165) is 29.0 Å². The van der Waals surface area contributed by atoms with Crippen LogP contribution in [0.25, 0.3) is 10.9 Å². The lowest BCUT2D eigenvalue weighted by atomic mass is 9.90. The molecule has 1 heterocycles. The van der Waals surface area contributed by atoms with Gasteiger partial charge in [0.15, 0.2) is 0 Å². The first-order valence-electron chi connectivity index (χ1n) is 7.45. The fourth-order valence-electron chi connectivity index (χ4n) is 2.93. The lowest BCUT2D eigenvalue weighted by Crippen LogP contribution is -2.13. The maximum Gasteiger partial charge on any atom is 0.135 e. The minimum absolute atomic E-state index is 0.562. The maximum atomic E-state index is 6.23. The highest BCUT2D eigenvalue weighted by atomic mass is 35.5. The van der Waals surface area contributed by atoms with Gasteiger partial charge in [-0.05, 0) is 30.9 Å². The summed E-state index contributed by atoms with van der Waals surface area (Å²) in [4.78, 5) is 4.43. The molecule has 3 heteroatoms. The molecule has 1 aliphatic rings. The van der Waals surface area contributed by atoms with E-state index in [1.54, 1.807) is 0 Å². The monoisotopic (exact) mass is 289 g/mol. The summed E-state index contributed by atoms with van der Waals surface area (Å²) in [6.45, 7) is 1.41. The number of nitrogens with zero attached hydrogens (tertiary/aromatic N) is 1. The molecule has 20 heavy (non-hydrogen) atoms. The molecule has 0 amide bonds. The number of hydrogen-bond donors (Lipinski definition) is 0. The zero-order valence-corrected chi connectivity index (χ0v) is 12.4. The van der Waals surface area contributed by atoms with Crippen molar-refractivity contribution in [2.45, 2.75) is 38.7 Å². The van der Waals surface area contributed by atoms with Crippen molar-refractivity contribution in [3.8, 4) is 0 Å². The summed E-state index contributed by atoms with van der Waals surface area (Å²) in [6, 6.07) is 10.1. The van der Waals surface area contributed by atoms with Gasteiger partial charge in [-0.15, -0.1) is 0 Å². The quantitative estimate of drug-likeness (QED) is 0.740. The second kappa shape index (κ2) is 6.55. The molecule has 0 saturated heterocycles. The molecule has 0 unspecified atom stereocenters. The van der Waals surface area contributed by atoms with E-state index in [0.29, 0.717) is 11.8 Å². The number of para-hydroxylation sites is 1. The molecule has 1 aromatic carbocycles. The zero-order valence-electron chi connectivity index (χ0n) is 11.6. The number of hydrogen-bond acceptors (Lipinski definition) is 2. The number of ether oxygens (including phenoxy) is 1. The zero-order chi connectivity index (χ0) is 13.8. The van der Waals surface area contributed by atoms with E-state index >= 15 is 0 Å². The van der Waals surface area contributed by atoms with Gasteiger partial charge >= 0.3 is 0 Å². The molecule has 1 aliphatic carbocycles. The molecule has 0 atom stereocenters. The molecule has 106 valence electrons. The van der Waals surface area contributed by atoms with Gasteiger partial charge in [-0.3, -0.25) is 0 Å². The Morgan fingerprint density at radius 2 is 1.95 bits per heavy atom. The Balaban J connectivity index is 1.63. The third-order valence-electron chi connectivity index (χ3n) is 4.09. The van der Waals surface area contributed by atoms with Crippen LogP contribution in [0.3, 0.4) is 0 Å². The second-order valence-corrected chi connectivity index (χ2v) is 6.01. The third-order valence-corrected chi connectivity index (χ3v) is 4.41. The van der Waals surface area contributed by atoms with Crippen LogP contribution in [0.15, 0.2) is 30.3 Å². The summed E-state index contributed by atoms with van der Waals surface area (Å²) in [5.41, 5.74) is 1.93. The predicted octanol–water partition coefficient (Wildman–Crippen LogP) is 4.99. The molecule has 0 bridgehead atoms. The molecular weight excluding hydrogens is 270 g/mol. The number of pyridine rings is 1. The van der Waals surface area contributed by atoms with Crippen molar-refractivity contribution in [2.24, 2.45) is 5.92 Å². The largest absolute Gasteiger partial charge is 0.376 e. The molecule has 0 radical (unpaired) electrons. The van der Waals surface area contributed by atoms with Crippen molar-refractivity contribution < 1.29 is 4.74 Å². The van der Waals surface area contributed by atoms with Gasteiger partial charge in [0.25, 0.3) is 0 Å². The lowest BCUT2D eigenvalue weighted by Gasteiger charge is -2.21. The van der Waals surface area contributed by atoms with E-state index in [1.165, 1.54) is 32.1 Å². The molecule has 3 rings (SSSR count). The van der Waals surface area contributed by atoms with Crippen LogP contribution in [0.2, 0.25) is 5.15 Å². The first kappa shape index (κ1) is 13.8. The van der Waals surface area contributed by atoms with Gasteiger partial charge in [0.05, 0.1) is 12.1 Å². The number of benzene rings is 1. The summed E-state index contributed by atoms with van der Waals surface area (Å²) >= 11 is 6.23. The topological polar surface area (TPSA) is 22.1 Å². The van der Waals surface area contributed by atoms with Crippen molar-refractivity contribution in [1.82, 2.24) is 4.98 Å². The standard InChI is InChI=1S/C17H20ClNO/c18-17-15(10-14-8-4-5-9-16(14)19-17)12-20-11-13-6-2-1-3-7-13/h4-5,8-10,13H,1-3,6-7,11-12H2. The molecular formula is C17H20ClNO. The SMILES string of the molecule is Clc1nc2ccccc2cc1COCC1CCCCC1. The Morgan fingerprint density at radius 3 is 2.80 bits per heavy atom. The van der Waals surface area contributed by atoms with Crippen LogP contribution < -0.4 is 0 Å². The summed E-state index contributed by atoms with van der Waals surface area (Å²) < 4.78 is 5.86. The number of fused-ring (bicyclic) bond motifs is 1. The van der Waals surface area contributed by atoms with E-state index in [9.17, 15) is 0 Å². The number of rotatable bonds is 4. The Morgan fingerprint density at radius 1 is 1.15 bits per heavy atom. The Labute approximate surface area is 125 Å². The first-order chi connectivity index (χ1) is 9.83. The van der Waals surface area contributed by atoms with Crippen molar-refractivity contribution in [2.75, 3.05) is 6.61 Å². The van der Waals surface area contributed by atoms with Gasteiger partial charge in [-0.1, -0.05) is 49.1 Å². The van der Waals surface area contributed by atoms with Gasteiger partial charge in [0, 0.05) is 17.6 Å². The summed E-state index contributed by atoms with van der Waals surface area (Å²) in [7, 11) is 0. The molecule has 0 aliphatic heterocycles. The van der Waals surface area contributed by atoms with Crippen molar-refractivity contribution in [3.63, 3.8) is 0 Å². The normalized spacial score (nSPS) is 16.6. The van der Waals surface area contributed by atoms with Crippen LogP contribution in [0, 0.1) is 5.92 Å². The molecule has 0 N–H and O–H groups in total. The Bertz CT molecular complexity index is 578. The van der Waals surface area contributed by atoms with Crippen molar-refractivity contribution >= 4 is 22.5 Å². The van der Waals surface area contributed by atoms with Crippen molar-refractivity contribution in [1.29, 1.82) is 0 Å². The van der Waals surface area contributed by atoms with Crippen LogP contribution >= 0.6 is 11.6 Å². The molecule has 1 aromatic heterocycles. The van der Waals surface area contributed by atoms with Crippen LogP contribution in [-0.2, 0) is 11.3 Å². The Hall–Kier alpha value is -1.12. The highest BCUT2D eigenvalue weighted by Gasteiger charge is 2.14. The third kappa shape index (κ3) is 3.31. The van der Waals surface area contributed by atoms with E-state index in [4.69, 9.17) is 16.3 Å². The van der Waals surface area contributed by atoms with Gasteiger partial charge in [-0.2, -0.15) is 0 Å². The lowest BCUT2D eigenvalue weighted by molar-refractivity contribution is 0.0739. The fourth-order valence-corrected chi connectivity index (χ4v) is 3.13. The van der Waals surface area contributed by atoms with E-state index in [-0.39, 0.29) is 0 Å². The average Bonchev–Trinajstić information content (AvgIpc) is 2.49. The number of halogens is 1. The fraction of sp³-hybridized carbons (Fsp3) is 0.471. The van der Waals surface area contributed by atoms with Crippen LogP contribution in [0.1, 0.15) is 37.7 Å². The molecule has 1 saturated carbocycles. The Kier molecular flexibility index (Phi) is 4.54. The number of aromatic nitrogens is 1. The summed E-state index contributed by atoms with van der Waals surface area (Å²) in [6.07, 6.45) is 6.71. The van der Waals surface area contributed by atoms with Gasteiger partial charge < -0.3 is 4.74 Å². The summed E-state index contributed by atoms with van der Waals surface area (Å²) in [5.74, 6) is 0.732. The predicted molar refractivity (Wildman–Crippen MR) is 83.0 cm³/mol. The van der Waals surface area contributed by atoms with Gasteiger partial charge in [-0.25, -0.2) is 4.98 Å². The minimum atomic E-state index is 0.562. The van der Waals surface area contributed by atoms with E-state index < -0.39 is 0 Å². The van der Waals surface area contributed by atoms with Gasteiger partial charge in [0.1, 0.15) is 5.15 Å². The summed E-state index contributed by atoms with van der Waals surface area (Å²) in [5, 5.41) is 1.68.